The topological polar surface area (TPSA) is 32.3 Å². The maximum absolute atomic E-state index is 13.0. The first-order valence-electron chi connectivity index (χ1n) is 6.51. The molecular formula is C16H16F3NO. The third kappa shape index (κ3) is 4.31. The summed E-state index contributed by atoms with van der Waals surface area (Å²) in [6.07, 6.45) is 0. The van der Waals surface area contributed by atoms with Crippen LogP contribution in [0.2, 0.25) is 0 Å². The molecule has 0 saturated carbocycles. The summed E-state index contributed by atoms with van der Waals surface area (Å²) in [5, 5.41) is 13.3. The normalized spacial score (nSPS) is 14.0. The van der Waals surface area contributed by atoms with Crippen molar-refractivity contribution in [1.29, 1.82) is 0 Å². The van der Waals surface area contributed by atoms with Crippen molar-refractivity contribution in [3.8, 4) is 0 Å². The number of benzene rings is 2. The Morgan fingerprint density at radius 1 is 0.952 bits per heavy atom. The number of hydrogen-bond donors (Lipinski definition) is 2. The van der Waals surface area contributed by atoms with E-state index in [0.717, 1.165) is 6.07 Å². The van der Waals surface area contributed by atoms with E-state index in [1.54, 1.807) is 6.92 Å². The van der Waals surface area contributed by atoms with Crippen LogP contribution in [0.1, 0.15) is 18.1 Å². The van der Waals surface area contributed by atoms with E-state index in [1.807, 2.05) is 0 Å². The minimum absolute atomic E-state index is 0.163. The van der Waals surface area contributed by atoms with Gasteiger partial charge in [-0.05, 0) is 42.3 Å². The van der Waals surface area contributed by atoms with Crippen LogP contribution in [0.25, 0.3) is 0 Å². The van der Waals surface area contributed by atoms with Crippen LogP contribution in [-0.2, 0) is 12.1 Å². The van der Waals surface area contributed by atoms with Crippen LogP contribution in [-0.4, -0.2) is 11.7 Å². The van der Waals surface area contributed by atoms with Crippen molar-refractivity contribution in [1.82, 2.24) is 5.32 Å². The molecule has 0 bridgehead atoms. The maximum Gasteiger partial charge on any atom is 0.126 e. The van der Waals surface area contributed by atoms with Crippen LogP contribution in [0, 0.1) is 17.5 Å². The molecule has 0 saturated heterocycles. The Kier molecular flexibility index (Phi) is 4.65. The molecule has 1 atom stereocenters. The van der Waals surface area contributed by atoms with Crippen LogP contribution >= 0.6 is 0 Å². The molecule has 0 heterocycles. The molecule has 0 radical (unpaired) electrons. The third-order valence-corrected chi connectivity index (χ3v) is 3.19. The minimum atomic E-state index is -1.21. The van der Waals surface area contributed by atoms with Gasteiger partial charge in [-0.25, -0.2) is 13.2 Å². The Labute approximate surface area is 121 Å². The van der Waals surface area contributed by atoms with Crippen LogP contribution in [0.15, 0.2) is 42.5 Å². The predicted molar refractivity (Wildman–Crippen MR) is 74.0 cm³/mol. The molecule has 21 heavy (non-hydrogen) atoms. The van der Waals surface area contributed by atoms with E-state index in [1.165, 1.54) is 36.4 Å². The number of aliphatic hydroxyl groups is 1. The lowest BCUT2D eigenvalue weighted by molar-refractivity contribution is 0.0566. The van der Waals surface area contributed by atoms with Gasteiger partial charge < -0.3 is 10.4 Å². The molecule has 2 N–H and O–H groups in total. The second-order valence-corrected chi connectivity index (χ2v) is 5.16. The summed E-state index contributed by atoms with van der Waals surface area (Å²) in [7, 11) is 0. The molecule has 2 aromatic rings. The molecular weight excluding hydrogens is 279 g/mol. The molecule has 0 aliphatic rings. The first-order chi connectivity index (χ1) is 9.87. The number of hydrogen-bond acceptors (Lipinski definition) is 2. The van der Waals surface area contributed by atoms with Crippen LogP contribution in [0.3, 0.4) is 0 Å². The van der Waals surface area contributed by atoms with Gasteiger partial charge in [-0.3, -0.25) is 0 Å². The fraction of sp³-hybridized carbons (Fsp3) is 0.250. The Hall–Kier alpha value is -1.85. The van der Waals surface area contributed by atoms with E-state index >= 15 is 0 Å². The zero-order chi connectivity index (χ0) is 15.5. The van der Waals surface area contributed by atoms with E-state index in [-0.39, 0.29) is 18.9 Å². The van der Waals surface area contributed by atoms with Gasteiger partial charge in [0.1, 0.15) is 17.5 Å². The molecule has 1 unspecified atom stereocenters. The van der Waals surface area contributed by atoms with E-state index < -0.39 is 17.2 Å². The molecule has 0 spiro atoms. The van der Waals surface area contributed by atoms with Gasteiger partial charge in [0.25, 0.3) is 0 Å². The first kappa shape index (κ1) is 15.5. The van der Waals surface area contributed by atoms with E-state index in [9.17, 15) is 18.3 Å². The van der Waals surface area contributed by atoms with Crippen molar-refractivity contribution in [2.75, 3.05) is 6.54 Å². The predicted octanol–water partition coefficient (Wildman–Crippen LogP) is 3.10. The van der Waals surface area contributed by atoms with Gasteiger partial charge in [0, 0.05) is 19.2 Å². The van der Waals surface area contributed by atoms with Crippen LogP contribution in [0.4, 0.5) is 13.2 Å². The molecule has 112 valence electrons. The van der Waals surface area contributed by atoms with Crippen molar-refractivity contribution in [2.24, 2.45) is 0 Å². The summed E-state index contributed by atoms with van der Waals surface area (Å²) in [5.41, 5.74) is -0.205. The zero-order valence-electron chi connectivity index (χ0n) is 11.5. The molecule has 0 aliphatic carbocycles. The highest BCUT2D eigenvalue weighted by Crippen LogP contribution is 2.20. The summed E-state index contributed by atoms with van der Waals surface area (Å²) in [6, 6.07) is 8.79. The minimum Gasteiger partial charge on any atom is -0.384 e. The van der Waals surface area contributed by atoms with Gasteiger partial charge in [0.05, 0.1) is 5.60 Å². The van der Waals surface area contributed by atoms with Gasteiger partial charge >= 0.3 is 0 Å². The molecule has 5 heteroatoms. The number of halogens is 3. The molecule has 0 aliphatic heterocycles. The van der Waals surface area contributed by atoms with Crippen LogP contribution in [0.5, 0.6) is 0 Å². The van der Waals surface area contributed by atoms with E-state index in [2.05, 4.69) is 5.32 Å². The van der Waals surface area contributed by atoms with Gasteiger partial charge in [-0.1, -0.05) is 12.1 Å². The SMILES string of the molecule is CC(O)(CNCc1cc(F)cc(F)c1)c1ccc(F)cc1. The highest BCUT2D eigenvalue weighted by Gasteiger charge is 2.22. The van der Waals surface area contributed by atoms with E-state index in [4.69, 9.17) is 0 Å². The summed E-state index contributed by atoms with van der Waals surface area (Å²) in [6.45, 7) is 1.96. The Morgan fingerprint density at radius 2 is 1.52 bits per heavy atom. The maximum atomic E-state index is 13.0. The highest BCUT2D eigenvalue weighted by atomic mass is 19.1. The van der Waals surface area contributed by atoms with Crippen molar-refractivity contribution in [2.45, 2.75) is 19.1 Å². The Morgan fingerprint density at radius 3 is 2.10 bits per heavy atom. The molecule has 0 aromatic heterocycles. The van der Waals surface area contributed by atoms with Gasteiger partial charge in [-0.15, -0.1) is 0 Å². The lowest BCUT2D eigenvalue weighted by atomic mass is 9.96. The largest absolute Gasteiger partial charge is 0.384 e. The van der Waals surface area contributed by atoms with Gasteiger partial charge in [0.15, 0.2) is 0 Å². The molecule has 2 nitrogen and oxygen atoms in total. The second kappa shape index (κ2) is 6.28. The fourth-order valence-electron chi connectivity index (χ4n) is 2.07. The van der Waals surface area contributed by atoms with Crippen molar-refractivity contribution in [3.05, 3.63) is 71.0 Å². The first-order valence-corrected chi connectivity index (χ1v) is 6.51. The van der Waals surface area contributed by atoms with Gasteiger partial charge in [-0.2, -0.15) is 0 Å². The Balaban J connectivity index is 1.97. The fourth-order valence-corrected chi connectivity index (χ4v) is 2.07. The molecule has 2 aromatic carbocycles. The van der Waals surface area contributed by atoms with Crippen molar-refractivity contribution < 1.29 is 18.3 Å². The average Bonchev–Trinajstić information content (AvgIpc) is 2.37. The lowest BCUT2D eigenvalue weighted by Crippen LogP contribution is -2.35. The molecule has 0 amide bonds. The van der Waals surface area contributed by atoms with E-state index in [0.29, 0.717) is 11.1 Å². The lowest BCUT2D eigenvalue weighted by Gasteiger charge is -2.24. The van der Waals surface area contributed by atoms with Crippen molar-refractivity contribution in [3.63, 3.8) is 0 Å². The molecule has 0 fully saturated rings. The Bertz CT molecular complexity index is 591. The average molecular weight is 295 g/mol. The smallest absolute Gasteiger partial charge is 0.126 e. The van der Waals surface area contributed by atoms with Gasteiger partial charge in [0.2, 0.25) is 0 Å². The summed E-state index contributed by atoms with van der Waals surface area (Å²) in [5.74, 6) is -1.66. The van der Waals surface area contributed by atoms with Crippen LogP contribution < -0.4 is 5.32 Å². The summed E-state index contributed by atoms with van der Waals surface area (Å²) >= 11 is 0. The third-order valence-electron chi connectivity index (χ3n) is 3.19. The quantitative estimate of drug-likeness (QED) is 0.888. The zero-order valence-corrected chi connectivity index (χ0v) is 11.5. The summed E-state index contributed by atoms with van der Waals surface area (Å²) in [4.78, 5) is 0. The monoisotopic (exact) mass is 295 g/mol. The molecule has 2 rings (SSSR count). The standard InChI is InChI=1S/C16H16F3NO/c1-16(21,12-2-4-13(17)5-3-12)10-20-9-11-6-14(18)8-15(19)7-11/h2-8,20-21H,9-10H2,1H3. The second-order valence-electron chi connectivity index (χ2n) is 5.16. The number of nitrogens with one attached hydrogen (secondary N) is 1. The van der Waals surface area contributed by atoms with Crippen molar-refractivity contribution >= 4 is 0 Å². The summed E-state index contributed by atoms with van der Waals surface area (Å²) < 4.78 is 38.9. The highest BCUT2D eigenvalue weighted by molar-refractivity contribution is 5.23. The number of rotatable bonds is 5.